The van der Waals surface area contributed by atoms with Crippen molar-refractivity contribution in [2.45, 2.75) is 42.7 Å². The summed E-state index contributed by atoms with van der Waals surface area (Å²) in [4.78, 5) is 17.3. The molecule has 0 radical (unpaired) electrons. The van der Waals surface area contributed by atoms with Crippen LogP contribution in [0.25, 0.3) is 10.8 Å². The van der Waals surface area contributed by atoms with Crippen molar-refractivity contribution in [1.82, 2.24) is 14.0 Å². The van der Waals surface area contributed by atoms with Crippen molar-refractivity contribution in [2.24, 2.45) is 0 Å². The van der Waals surface area contributed by atoms with E-state index in [2.05, 4.69) is 15.0 Å². The third-order valence-electron chi connectivity index (χ3n) is 6.31. The lowest BCUT2D eigenvalue weighted by Crippen LogP contribution is -2.37. The van der Waals surface area contributed by atoms with Crippen molar-refractivity contribution in [3.63, 3.8) is 0 Å². The maximum Gasteiger partial charge on any atom is 0.264 e. The number of benzene rings is 3. The van der Waals surface area contributed by atoms with Crippen LogP contribution in [0.2, 0.25) is 0 Å². The minimum absolute atomic E-state index is 0.133. The molecule has 11 nitrogen and oxygen atoms in total. The second kappa shape index (κ2) is 13.0. The van der Waals surface area contributed by atoms with Gasteiger partial charge in [-0.2, -0.15) is 0 Å². The lowest BCUT2D eigenvalue weighted by atomic mass is 10.0. The number of hydrogen-bond donors (Lipinski definition) is 2. The van der Waals surface area contributed by atoms with Gasteiger partial charge in [-0.15, -0.1) is 0 Å². The standard InChI is InChI=1S/C30H34N4O7S2/c1-6-40-28-17-22(11-13-27(28)41-20(2)3)29(32-24-12-10-23-19-31-15-14-21(23)16-24)30(35)33-42(36,37)25-8-7-9-26(18-25)43(38,39)34(4)5/h7-20,29,32H,6H2,1-5H3,(H,33,35). The number of anilines is 1. The average Bonchev–Trinajstić information content (AvgIpc) is 2.96. The molecule has 43 heavy (non-hydrogen) atoms. The first-order valence-corrected chi connectivity index (χ1v) is 16.4. The summed E-state index contributed by atoms with van der Waals surface area (Å²) in [6, 6.07) is 15.8. The zero-order valence-electron chi connectivity index (χ0n) is 24.4. The SMILES string of the molecule is CCOc1cc(C(Nc2ccc3cnccc3c2)C(=O)NS(=O)(=O)c2cccc(S(=O)(=O)N(C)C)c2)ccc1OC(C)C. The molecule has 0 aliphatic rings. The highest BCUT2D eigenvalue weighted by Gasteiger charge is 2.29. The van der Waals surface area contributed by atoms with E-state index in [1.807, 2.05) is 39.0 Å². The van der Waals surface area contributed by atoms with E-state index in [9.17, 15) is 21.6 Å². The number of hydrogen-bond acceptors (Lipinski definition) is 9. The number of carbonyl (C=O) groups excluding carboxylic acids is 1. The van der Waals surface area contributed by atoms with Gasteiger partial charge in [0.1, 0.15) is 6.04 Å². The molecule has 4 aromatic rings. The molecule has 0 aliphatic carbocycles. The summed E-state index contributed by atoms with van der Waals surface area (Å²) < 4.78 is 66.7. The Balaban J connectivity index is 1.74. The Bertz CT molecular complexity index is 1840. The summed E-state index contributed by atoms with van der Waals surface area (Å²) in [5, 5.41) is 4.90. The van der Waals surface area contributed by atoms with Crippen LogP contribution in [0.5, 0.6) is 11.5 Å². The summed E-state index contributed by atoms with van der Waals surface area (Å²) in [6.07, 6.45) is 3.23. The molecule has 1 amide bonds. The topological polar surface area (TPSA) is 144 Å². The Morgan fingerprint density at radius 2 is 1.65 bits per heavy atom. The lowest BCUT2D eigenvalue weighted by Gasteiger charge is -2.22. The second-order valence-corrected chi connectivity index (χ2v) is 13.9. The van der Waals surface area contributed by atoms with Crippen LogP contribution in [-0.4, -0.2) is 58.8 Å². The van der Waals surface area contributed by atoms with E-state index in [1.165, 1.54) is 32.3 Å². The summed E-state index contributed by atoms with van der Waals surface area (Å²) in [7, 11) is -5.72. The van der Waals surface area contributed by atoms with E-state index in [1.54, 1.807) is 36.7 Å². The number of nitrogens with zero attached hydrogens (tertiary/aromatic N) is 2. The van der Waals surface area contributed by atoms with Gasteiger partial charge in [0.25, 0.3) is 15.9 Å². The van der Waals surface area contributed by atoms with Gasteiger partial charge in [0, 0.05) is 37.6 Å². The molecule has 228 valence electrons. The largest absolute Gasteiger partial charge is 0.490 e. The Labute approximate surface area is 252 Å². The van der Waals surface area contributed by atoms with Gasteiger partial charge in [0.2, 0.25) is 10.0 Å². The highest BCUT2D eigenvalue weighted by Crippen LogP contribution is 2.33. The average molecular weight is 627 g/mol. The van der Waals surface area contributed by atoms with Crippen LogP contribution in [0.4, 0.5) is 5.69 Å². The molecule has 2 N–H and O–H groups in total. The minimum Gasteiger partial charge on any atom is -0.490 e. The van der Waals surface area contributed by atoms with Crippen LogP contribution in [0.1, 0.15) is 32.4 Å². The summed E-state index contributed by atoms with van der Waals surface area (Å²) in [5.74, 6) is -0.0255. The van der Waals surface area contributed by atoms with E-state index in [0.717, 1.165) is 21.1 Å². The first-order valence-electron chi connectivity index (χ1n) is 13.4. The van der Waals surface area contributed by atoms with Gasteiger partial charge < -0.3 is 14.8 Å². The first kappa shape index (κ1) is 31.7. The minimum atomic E-state index is -4.48. The Morgan fingerprint density at radius 3 is 2.35 bits per heavy atom. The van der Waals surface area contributed by atoms with Crippen LogP contribution >= 0.6 is 0 Å². The predicted octanol–water partition coefficient (Wildman–Crippen LogP) is 4.33. The quantitative estimate of drug-likeness (QED) is 0.235. The van der Waals surface area contributed by atoms with Gasteiger partial charge in [0.05, 0.1) is 22.5 Å². The van der Waals surface area contributed by atoms with Crippen LogP contribution in [-0.2, 0) is 24.8 Å². The Kier molecular flexibility index (Phi) is 9.58. The predicted molar refractivity (Wildman–Crippen MR) is 164 cm³/mol. The summed E-state index contributed by atoms with van der Waals surface area (Å²) in [5.41, 5.74) is 0.960. The molecule has 1 atom stereocenters. The van der Waals surface area contributed by atoms with Gasteiger partial charge in [-0.05, 0) is 80.3 Å². The first-order chi connectivity index (χ1) is 20.3. The van der Waals surface area contributed by atoms with Crippen LogP contribution in [0, 0.1) is 0 Å². The monoisotopic (exact) mass is 626 g/mol. The summed E-state index contributed by atoms with van der Waals surface area (Å²) in [6.45, 7) is 5.90. The highest BCUT2D eigenvalue weighted by molar-refractivity contribution is 7.90. The van der Waals surface area contributed by atoms with Crippen molar-refractivity contribution in [3.8, 4) is 11.5 Å². The van der Waals surface area contributed by atoms with E-state index in [-0.39, 0.29) is 15.9 Å². The molecular weight excluding hydrogens is 592 g/mol. The molecule has 0 fully saturated rings. The van der Waals surface area contributed by atoms with Crippen LogP contribution < -0.4 is 19.5 Å². The van der Waals surface area contributed by atoms with Crippen molar-refractivity contribution < 1.29 is 31.1 Å². The normalized spacial score (nSPS) is 12.7. The van der Waals surface area contributed by atoms with Crippen molar-refractivity contribution in [3.05, 3.63) is 84.7 Å². The number of pyridine rings is 1. The molecule has 1 heterocycles. The molecule has 0 bridgehead atoms. The highest BCUT2D eigenvalue weighted by atomic mass is 32.2. The fraction of sp³-hybridized carbons (Fsp3) is 0.267. The molecule has 1 unspecified atom stereocenters. The Hall–Kier alpha value is -4.20. The van der Waals surface area contributed by atoms with Gasteiger partial charge in [-0.1, -0.05) is 18.2 Å². The molecule has 1 aromatic heterocycles. The number of carbonyl (C=O) groups is 1. The van der Waals surface area contributed by atoms with Gasteiger partial charge in [0.15, 0.2) is 11.5 Å². The third-order valence-corrected chi connectivity index (χ3v) is 9.46. The fourth-order valence-corrected chi connectivity index (χ4v) is 6.29. The molecule has 4 rings (SSSR count). The maximum atomic E-state index is 13.8. The number of nitrogens with one attached hydrogen (secondary N) is 2. The van der Waals surface area contributed by atoms with Gasteiger partial charge in [-0.3, -0.25) is 9.78 Å². The number of rotatable bonds is 12. The number of amides is 1. The zero-order chi connectivity index (χ0) is 31.4. The number of ether oxygens (including phenoxy) is 2. The van der Waals surface area contributed by atoms with Gasteiger partial charge >= 0.3 is 0 Å². The van der Waals surface area contributed by atoms with Crippen LogP contribution in [0.3, 0.4) is 0 Å². The maximum absolute atomic E-state index is 13.8. The fourth-order valence-electron chi connectivity index (χ4n) is 4.23. The molecule has 0 saturated carbocycles. The molecule has 0 aliphatic heterocycles. The zero-order valence-corrected chi connectivity index (χ0v) is 26.1. The molecule has 0 spiro atoms. The number of sulfonamides is 2. The smallest absolute Gasteiger partial charge is 0.264 e. The van der Waals surface area contributed by atoms with Crippen LogP contribution in [0.15, 0.2) is 88.9 Å². The lowest BCUT2D eigenvalue weighted by molar-refractivity contribution is -0.120. The third kappa shape index (κ3) is 7.42. The van der Waals surface area contributed by atoms with Crippen molar-refractivity contribution in [1.29, 1.82) is 0 Å². The molecule has 0 saturated heterocycles. The van der Waals surface area contributed by atoms with E-state index >= 15 is 0 Å². The molecule has 13 heteroatoms. The Morgan fingerprint density at radius 1 is 0.907 bits per heavy atom. The number of fused-ring (bicyclic) bond motifs is 1. The second-order valence-electron chi connectivity index (χ2n) is 10.1. The van der Waals surface area contributed by atoms with Gasteiger partial charge in [-0.25, -0.2) is 25.9 Å². The van der Waals surface area contributed by atoms with E-state index in [4.69, 9.17) is 9.47 Å². The van der Waals surface area contributed by atoms with E-state index < -0.39 is 32.0 Å². The molecular formula is C30H34N4O7S2. The van der Waals surface area contributed by atoms with Crippen molar-refractivity contribution >= 4 is 42.4 Å². The number of aromatic nitrogens is 1. The molecule has 3 aromatic carbocycles. The summed E-state index contributed by atoms with van der Waals surface area (Å²) >= 11 is 0. The van der Waals surface area contributed by atoms with E-state index in [0.29, 0.717) is 29.4 Å². The van der Waals surface area contributed by atoms with Crippen molar-refractivity contribution in [2.75, 3.05) is 26.0 Å².